The Morgan fingerprint density at radius 1 is 1.04 bits per heavy atom. The first-order chi connectivity index (χ1) is 24.5. The van der Waals surface area contributed by atoms with Gasteiger partial charge in [0.25, 0.3) is 15.9 Å². The van der Waals surface area contributed by atoms with Crippen LogP contribution in [0.4, 0.5) is 10.5 Å². The number of piperidine rings is 1. The number of carbonyl (C=O) groups excluding carboxylic acids is 2. The van der Waals surface area contributed by atoms with Crippen LogP contribution < -0.4 is 23.8 Å². The highest BCUT2D eigenvalue weighted by atomic mass is 32.2. The third kappa shape index (κ3) is 5.62. The lowest BCUT2D eigenvalue weighted by Crippen LogP contribution is -2.76. The second kappa shape index (κ2) is 13.0. The van der Waals surface area contributed by atoms with Crippen molar-refractivity contribution in [1.29, 1.82) is 5.26 Å². The molecule has 2 aromatic carbocycles. The number of likely N-dealkylation sites (tertiary alicyclic amines) is 3. The van der Waals surface area contributed by atoms with E-state index in [-0.39, 0.29) is 50.9 Å². The largest absolute Gasteiger partial charge is 0.497 e. The third-order valence-corrected chi connectivity index (χ3v) is 12.3. The molecule has 3 saturated heterocycles. The van der Waals surface area contributed by atoms with Crippen molar-refractivity contribution in [2.45, 2.75) is 36.2 Å². The lowest BCUT2D eigenvalue weighted by molar-refractivity contribution is -0.124. The van der Waals surface area contributed by atoms with Crippen molar-refractivity contribution in [3.05, 3.63) is 71.4 Å². The number of ether oxygens (including phenoxy) is 3. The number of anilines is 1. The number of sulfonamides is 1. The van der Waals surface area contributed by atoms with E-state index >= 15 is 4.79 Å². The van der Waals surface area contributed by atoms with Crippen molar-refractivity contribution in [3.63, 3.8) is 0 Å². The number of hydrogen-bond acceptors (Lipinski definition) is 11. The van der Waals surface area contributed by atoms with Crippen molar-refractivity contribution < 1.29 is 32.2 Å². The molecule has 3 amide bonds. The average Bonchev–Trinajstić information content (AvgIpc) is 3.35. The number of amides is 3. The summed E-state index contributed by atoms with van der Waals surface area (Å²) < 4.78 is 46.5. The standard InChI is InChI=1S/C36H41N7O7S/c1-5-50-32-27(7-6-14-38-32)36(39-34(45)42-22-35(23-42)20-41(21-35)25-12-15-40(2)16-13-25)28-17-24(19-37)8-10-29(28)43(33(36)44)51(46,47)31-11-9-26(48-3)18-30(31)49-4/h6-11,14,17-18,25H,5,12-13,15-16,20-23H2,1-4H3,(H,39,45). The minimum absolute atomic E-state index is 0.0233. The van der Waals surface area contributed by atoms with Crippen LogP contribution in [0.25, 0.3) is 0 Å². The fourth-order valence-corrected chi connectivity index (χ4v) is 9.55. The Morgan fingerprint density at radius 3 is 2.45 bits per heavy atom. The zero-order valence-corrected chi connectivity index (χ0v) is 29.9. The normalized spacial score (nSPS) is 21.7. The molecule has 1 aromatic heterocycles. The molecule has 4 aliphatic rings. The van der Waals surface area contributed by atoms with Gasteiger partial charge in [-0.25, -0.2) is 18.2 Å². The van der Waals surface area contributed by atoms with Gasteiger partial charge in [-0.3, -0.25) is 9.69 Å². The summed E-state index contributed by atoms with van der Waals surface area (Å²) in [4.78, 5) is 40.0. The number of urea groups is 1. The SMILES string of the molecule is CCOc1ncccc1C1(NC(=O)N2CC3(C2)CN(C2CCN(C)CC2)C3)C(=O)N(S(=O)(=O)c2ccc(OC)cc2OC)c2ccc(C#N)cc21. The molecule has 1 unspecified atom stereocenters. The van der Waals surface area contributed by atoms with E-state index in [1.807, 2.05) is 0 Å². The summed E-state index contributed by atoms with van der Waals surface area (Å²) in [5, 5.41) is 12.9. The van der Waals surface area contributed by atoms with Gasteiger partial charge in [0.2, 0.25) is 5.88 Å². The molecule has 0 aliphatic carbocycles. The quantitative estimate of drug-likeness (QED) is 0.348. The first kappa shape index (κ1) is 34.5. The number of rotatable bonds is 9. The lowest BCUT2D eigenvalue weighted by Gasteiger charge is -2.62. The molecule has 1 spiro atoms. The van der Waals surface area contributed by atoms with Gasteiger partial charge in [-0.05, 0) is 82.4 Å². The van der Waals surface area contributed by atoms with Crippen molar-refractivity contribution in [2.24, 2.45) is 5.41 Å². The maximum atomic E-state index is 15.2. The molecule has 4 aliphatic heterocycles. The maximum Gasteiger partial charge on any atom is 0.318 e. The van der Waals surface area contributed by atoms with Crippen molar-refractivity contribution in [1.82, 2.24) is 25.0 Å². The Morgan fingerprint density at radius 2 is 1.78 bits per heavy atom. The predicted molar refractivity (Wildman–Crippen MR) is 186 cm³/mol. The van der Waals surface area contributed by atoms with Crippen LogP contribution in [0.1, 0.15) is 36.5 Å². The smallest absolute Gasteiger partial charge is 0.318 e. The van der Waals surface area contributed by atoms with Crippen LogP contribution in [0.2, 0.25) is 0 Å². The zero-order valence-electron chi connectivity index (χ0n) is 29.1. The summed E-state index contributed by atoms with van der Waals surface area (Å²) >= 11 is 0. The zero-order chi connectivity index (χ0) is 36.1. The van der Waals surface area contributed by atoms with Gasteiger partial charge in [0.1, 0.15) is 16.4 Å². The highest BCUT2D eigenvalue weighted by Gasteiger charge is 2.61. The molecule has 268 valence electrons. The fraction of sp³-hybridized carbons (Fsp3) is 0.444. The predicted octanol–water partition coefficient (Wildman–Crippen LogP) is 2.77. The molecule has 0 radical (unpaired) electrons. The summed E-state index contributed by atoms with van der Waals surface area (Å²) in [6, 6.07) is 13.6. The van der Waals surface area contributed by atoms with E-state index in [4.69, 9.17) is 14.2 Å². The molecule has 5 heterocycles. The van der Waals surface area contributed by atoms with Crippen LogP contribution in [0.15, 0.2) is 59.6 Å². The topological polar surface area (TPSA) is 158 Å². The van der Waals surface area contributed by atoms with Gasteiger partial charge in [0, 0.05) is 55.5 Å². The van der Waals surface area contributed by atoms with Crippen molar-refractivity contribution >= 4 is 27.6 Å². The molecule has 3 aromatic rings. The van der Waals surface area contributed by atoms with Crippen molar-refractivity contribution in [2.75, 3.05) is 71.4 Å². The van der Waals surface area contributed by atoms with Gasteiger partial charge >= 0.3 is 6.03 Å². The van der Waals surface area contributed by atoms with Crippen molar-refractivity contribution in [3.8, 4) is 23.4 Å². The number of methoxy groups -OCH3 is 2. The number of benzene rings is 2. The van der Waals surface area contributed by atoms with Gasteiger partial charge in [-0.15, -0.1) is 0 Å². The van der Waals surface area contributed by atoms with Crippen LogP contribution >= 0.6 is 0 Å². The Hall–Kier alpha value is -4.91. The second-order valence-corrected chi connectivity index (χ2v) is 15.5. The number of nitriles is 1. The number of pyridine rings is 1. The maximum absolute atomic E-state index is 15.2. The summed E-state index contributed by atoms with van der Waals surface area (Å²) in [7, 11) is 0.209. The molecule has 14 nitrogen and oxygen atoms in total. The molecule has 1 atom stereocenters. The van der Waals surface area contributed by atoms with Gasteiger partial charge in [-0.1, -0.05) is 0 Å². The molecule has 7 rings (SSSR count). The van der Waals surface area contributed by atoms with E-state index in [1.165, 1.54) is 56.8 Å². The summed E-state index contributed by atoms with van der Waals surface area (Å²) in [6.07, 6.45) is 3.74. The highest BCUT2D eigenvalue weighted by molar-refractivity contribution is 7.93. The van der Waals surface area contributed by atoms with Crippen LogP contribution in [0.5, 0.6) is 17.4 Å². The Bertz CT molecular complexity index is 2010. The molecule has 0 bridgehead atoms. The second-order valence-electron chi connectivity index (χ2n) is 13.7. The number of aromatic nitrogens is 1. The van der Waals surface area contributed by atoms with Crippen LogP contribution in [-0.2, 0) is 20.4 Å². The Balaban J connectivity index is 1.28. The minimum Gasteiger partial charge on any atom is -0.497 e. The number of nitrogens with zero attached hydrogens (tertiary/aromatic N) is 6. The lowest BCUT2D eigenvalue weighted by atomic mass is 9.71. The Labute approximate surface area is 297 Å². The number of fused-ring (bicyclic) bond motifs is 1. The van der Waals surface area contributed by atoms with E-state index in [0.717, 1.165) is 39.0 Å². The average molecular weight is 716 g/mol. The van der Waals surface area contributed by atoms with Crippen LogP contribution in [0.3, 0.4) is 0 Å². The molecule has 0 saturated carbocycles. The first-order valence-corrected chi connectivity index (χ1v) is 18.4. The summed E-state index contributed by atoms with van der Waals surface area (Å²) in [5.74, 6) is -0.642. The number of hydrogen-bond donors (Lipinski definition) is 1. The molecule has 15 heteroatoms. The van der Waals surface area contributed by atoms with Gasteiger partial charge in [0.05, 0.1) is 43.7 Å². The molecular formula is C36H41N7O7S. The van der Waals surface area contributed by atoms with Gasteiger partial charge in [-0.2, -0.15) is 9.57 Å². The van der Waals surface area contributed by atoms with E-state index in [2.05, 4.69) is 33.2 Å². The number of carbonyl (C=O) groups is 2. The van der Waals surface area contributed by atoms with E-state index in [9.17, 15) is 18.5 Å². The van der Waals surface area contributed by atoms with E-state index in [1.54, 1.807) is 24.0 Å². The van der Waals surface area contributed by atoms with E-state index in [0.29, 0.717) is 29.2 Å². The number of nitrogens with one attached hydrogen (secondary N) is 1. The first-order valence-electron chi connectivity index (χ1n) is 16.9. The highest BCUT2D eigenvalue weighted by Crippen LogP contribution is 2.50. The molecule has 51 heavy (non-hydrogen) atoms. The summed E-state index contributed by atoms with van der Waals surface area (Å²) in [5.41, 5.74) is -1.80. The van der Waals surface area contributed by atoms with Crippen LogP contribution in [0, 0.1) is 16.7 Å². The monoisotopic (exact) mass is 715 g/mol. The third-order valence-electron chi connectivity index (χ3n) is 10.5. The molecule has 3 fully saturated rings. The van der Waals surface area contributed by atoms with E-state index < -0.39 is 27.5 Å². The minimum atomic E-state index is -4.69. The fourth-order valence-electron chi connectivity index (χ4n) is 7.94. The molecule has 1 N–H and O–H groups in total. The van der Waals surface area contributed by atoms with Gasteiger partial charge in [0.15, 0.2) is 5.54 Å². The summed E-state index contributed by atoms with van der Waals surface area (Å²) in [6.45, 7) is 6.87. The molecular weight excluding hydrogens is 675 g/mol. The Kier molecular flexibility index (Phi) is 8.81. The van der Waals surface area contributed by atoms with Gasteiger partial charge < -0.3 is 29.3 Å². The van der Waals surface area contributed by atoms with Crippen LogP contribution in [-0.4, -0.2) is 113 Å².